The van der Waals surface area contributed by atoms with Crippen molar-refractivity contribution >= 4 is 43.2 Å². The molecule has 2 aromatic rings. The van der Waals surface area contributed by atoms with Crippen LogP contribution in [0.3, 0.4) is 0 Å². The number of allylic oxidation sites excluding steroid dienone is 1. The Bertz CT molecular complexity index is 698. The van der Waals surface area contributed by atoms with Crippen LogP contribution in [0, 0.1) is 0 Å². The van der Waals surface area contributed by atoms with Crippen LogP contribution in [0.4, 0.5) is 0 Å². The van der Waals surface area contributed by atoms with Crippen LogP contribution in [-0.2, 0) is 0 Å². The first-order valence-electron chi connectivity index (χ1n) is 5.12. The number of nitrogens with zero attached hydrogens (tertiary/aromatic N) is 2. The lowest BCUT2D eigenvalue weighted by molar-refractivity contribution is 1.08. The molecular formula is C11H8BrN3OS. The Morgan fingerprint density at radius 3 is 3.06 bits per heavy atom. The van der Waals surface area contributed by atoms with Gasteiger partial charge in [-0.3, -0.25) is 9.79 Å². The second-order valence-corrected chi connectivity index (χ2v) is 6.07. The fourth-order valence-corrected chi connectivity index (χ4v) is 3.14. The molecule has 0 aliphatic carbocycles. The van der Waals surface area contributed by atoms with Crippen molar-refractivity contribution in [2.24, 2.45) is 4.99 Å². The standard InChI is InChI=1S/C11H8BrN3OS/c12-8-5-7-9(17-8)11(16)15-10(14-7)6-3-1-2-4-13-6/h1-2,5H,3-4H2,(H,14,15,16). The Balaban J connectivity index is 2.18. The van der Waals surface area contributed by atoms with Gasteiger partial charge in [0.1, 0.15) is 4.70 Å². The number of hydrogen-bond donors (Lipinski definition) is 1. The van der Waals surface area contributed by atoms with E-state index in [0.717, 1.165) is 21.4 Å². The number of H-pyrrole nitrogens is 1. The number of aromatic amines is 1. The molecule has 0 saturated heterocycles. The summed E-state index contributed by atoms with van der Waals surface area (Å²) in [6.45, 7) is 0.657. The first kappa shape index (κ1) is 10.9. The molecule has 1 aliphatic heterocycles. The van der Waals surface area contributed by atoms with Crippen LogP contribution in [0.1, 0.15) is 12.2 Å². The highest BCUT2D eigenvalue weighted by Gasteiger charge is 2.12. The number of aliphatic imine (C=N–C) groups is 1. The van der Waals surface area contributed by atoms with Gasteiger partial charge in [0.15, 0.2) is 5.82 Å². The lowest BCUT2D eigenvalue weighted by Gasteiger charge is -2.06. The van der Waals surface area contributed by atoms with Gasteiger partial charge in [-0.1, -0.05) is 12.2 Å². The van der Waals surface area contributed by atoms with Crippen LogP contribution in [0.15, 0.2) is 31.8 Å². The molecule has 0 radical (unpaired) electrons. The Kier molecular flexibility index (Phi) is 2.68. The molecule has 1 N–H and O–H groups in total. The van der Waals surface area contributed by atoms with Crippen molar-refractivity contribution in [2.75, 3.05) is 6.54 Å². The fourth-order valence-electron chi connectivity index (χ4n) is 1.72. The maximum Gasteiger partial charge on any atom is 0.269 e. The molecule has 0 fully saturated rings. The number of halogens is 1. The van der Waals surface area contributed by atoms with Crippen molar-refractivity contribution in [1.29, 1.82) is 0 Å². The highest BCUT2D eigenvalue weighted by atomic mass is 79.9. The lowest BCUT2D eigenvalue weighted by atomic mass is 10.2. The van der Waals surface area contributed by atoms with Crippen LogP contribution in [0.5, 0.6) is 0 Å². The van der Waals surface area contributed by atoms with Gasteiger partial charge in [-0.05, 0) is 22.0 Å². The van der Waals surface area contributed by atoms with E-state index in [2.05, 4.69) is 30.9 Å². The second-order valence-electron chi connectivity index (χ2n) is 3.64. The van der Waals surface area contributed by atoms with Crippen molar-refractivity contribution in [1.82, 2.24) is 9.97 Å². The van der Waals surface area contributed by atoms with Crippen LogP contribution in [0.25, 0.3) is 10.2 Å². The molecular weight excluding hydrogens is 302 g/mol. The topological polar surface area (TPSA) is 58.1 Å². The Labute approximate surface area is 109 Å². The molecule has 3 heterocycles. The van der Waals surface area contributed by atoms with Gasteiger partial charge in [0, 0.05) is 6.42 Å². The zero-order chi connectivity index (χ0) is 11.8. The highest BCUT2D eigenvalue weighted by molar-refractivity contribution is 9.11. The minimum Gasteiger partial charge on any atom is -0.304 e. The van der Waals surface area contributed by atoms with Crippen molar-refractivity contribution in [3.63, 3.8) is 0 Å². The zero-order valence-electron chi connectivity index (χ0n) is 8.74. The molecule has 4 nitrogen and oxygen atoms in total. The summed E-state index contributed by atoms with van der Waals surface area (Å²) in [5.41, 5.74) is 1.46. The molecule has 1 aliphatic rings. The number of aromatic nitrogens is 2. The van der Waals surface area contributed by atoms with E-state index in [9.17, 15) is 4.79 Å². The molecule has 86 valence electrons. The Hall–Kier alpha value is -1.27. The molecule has 0 bridgehead atoms. The van der Waals surface area contributed by atoms with Crippen molar-refractivity contribution in [2.45, 2.75) is 6.42 Å². The van der Waals surface area contributed by atoms with Gasteiger partial charge < -0.3 is 4.98 Å². The van der Waals surface area contributed by atoms with Crippen molar-refractivity contribution in [3.05, 3.63) is 38.2 Å². The second kappa shape index (κ2) is 4.19. The number of fused-ring (bicyclic) bond motifs is 1. The number of rotatable bonds is 1. The van der Waals surface area contributed by atoms with Gasteiger partial charge in [0.2, 0.25) is 0 Å². The predicted molar refractivity (Wildman–Crippen MR) is 73.1 cm³/mol. The van der Waals surface area contributed by atoms with Crippen LogP contribution < -0.4 is 5.56 Å². The molecule has 2 aromatic heterocycles. The summed E-state index contributed by atoms with van der Waals surface area (Å²) >= 11 is 4.75. The minimum atomic E-state index is -0.0991. The van der Waals surface area contributed by atoms with E-state index >= 15 is 0 Å². The third-order valence-corrected chi connectivity index (χ3v) is 4.12. The molecule has 0 aromatic carbocycles. The predicted octanol–water partition coefficient (Wildman–Crippen LogP) is 2.50. The van der Waals surface area contributed by atoms with E-state index in [-0.39, 0.29) is 5.56 Å². The molecule has 0 unspecified atom stereocenters. The largest absolute Gasteiger partial charge is 0.304 e. The van der Waals surface area contributed by atoms with Crippen LogP contribution in [0.2, 0.25) is 0 Å². The summed E-state index contributed by atoms with van der Waals surface area (Å²) in [4.78, 5) is 23.5. The molecule has 0 spiro atoms. The maximum absolute atomic E-state index is 11.9. The SMILES string of the molecule is O=c1[nH]c(C2=NCC=CC2)nc2cc(Br)sc12. The minimum absolute atomic E-state index is 0.0991. The summed E-state index contributed by atoms with van der Waals surface area (Å²) in [5, 5.41) is 0. The Morgan fingerprint density at radius 2 is 2.29 bits per heavy atom. The third kappa shape index (κ3) is 1.98. The van der Waals surface area contributed by atoms with Gasteiger partial charge in [-0.25, -0.2) is 4.98 Å². The lowest BCUT2D eigenvalue weighted by Crippen LogP contribution is -2.16. The van der Waals surface area contributed by atoms with E-state index in [1.807, 2.05) is 18.2 Å². The van der Waals surface area contributed by atoms with Gasteiger partial charge in [0.25, 0.3) is 5.56 Å². The van der Waals surface area contributed by atoms with Crippen LogP contribution in [-0.4, -0.2) is 22.2 Å². The fraction of sp³-hybridized carbons (Fsp3) is 0.182. The average Bonchev–Trinajstić information content (AvgIpc) is 2.71. The first-order valence-corrected chi connectivity index (χ1v) is 6.73. The van der Waals surface area contributed by atoms with Crippen LogP contribution >= 0.6 is 27.3 Å². The van der Waals surface area contributed by atoms with Gasteiger partial charge >= 0.3 is 0 Å². The summed E-state index contributed by atoms with van der Waals surface area (Å²) in [6, 6.07) is 1.86. The number of nitrogens with one attached hydrogen (secondary N) is 1. The first-order chi connectivity index (χ1) is 8.24. The van der Waals surface area contributed by atoms with Crippen molar-refractivity contribution < 1.29 is 0 Å². The summed E-state index contributed by atoms with van der Waals surface area (Å²) in [7, 11) is 0. The summed E-state index contributed by atoms with van der Waals surface area (Å²) in [6.07, 6.45) is 4.76. The Morgan fingerprint density at radius 1 is 1.41 bits per heavy atom. The molecule has 0 atom stereocenters. The zero-order valence-corrected chi connectivity index (χ0v) is 11.1. The van der Waals surface area contributed by atoms with E-state index in [0.29, 0.717) is 17.1 Å². The monoisotopic (exact) mass is 309 g/mol. The molecule has 6 heteroatoms. The van der Waals surface area contributed by atoms with Gasteiger partial charge in [0.05, 0.1) is 21.6 Å². The maximum atomic E-state index is 11.9. The normalized spacial score (nSPS) is 15.2. The molecule has 17 heavy (non-hydrogen) atoms. The van der Waals surface area contributed by atoms with E-state index in [1.54, 1.807) is 0 Å². The molecule has 0 saturated carbocycles. The smallest absolute Gasteiger partial charge is 0.269 e. The number of dihydropyridines is 1. The summed E-state index contributed by atoms with van der Waals surface area (Å²) in [5.74, 6) is 0.581. The molecule has 0 amide bonds. The van der Waals surface area contributed by atoms with Gasteiger partial charge in [-0.15, -0.1) is 11.3 Å². The van der Waals surface area contributed by atoms with E-state index in [1.165, 1.54) is 11.3 Å². The van der Waals surface area contributed by atoms with E-state index in [4.69, 9.17) is 0 Å². The summed E-state index contributed by atoms with van der Waals surface area (Å²) < 4.78 is 1.56. The van der Waals surface area contributed by atoms with E-state index < -0.39 is 0 Å². The number of hydrogen-bond acceptors (Lipinski definition) is 4. The highest BCUT2D eigenvalue weighted by Crippen LogP contribution is 2.25. The van der Waals surface area contributed by atoms with Crippen molar-refractivity contribution in [3.8, 4) is 0 Å². The average molecular weight is 310 g/mol. The third-order valence-electron chi connectivity index (χ3n) is 2.49. The molecule has 3 rings (SSSR count). The quantitative estimate of drug-likeness (QED) is 0.823. The number of thiophene rings is 1. The van der Waals surface area contributed by atoms with Gasteiger partial charge in [-0.2, -0.15) is 0 Å².